The summed E-state index contributed by atoms with van der Waals surface area (Å²) >= 11 is 0. The van der Waals surface area contributed by atoms with Crippen molar-refractivity contribution in [1.82, 2.24) is 9.80 Å². The number of hydrogen-bond acceptors (Lipinski definition) is 4. The molecule has 4 aliphatic rings. The zero-order valence-corrected chi connectivity index (χ0v) is 15.4. The van der Waals surface area contributed by atoms with E-state index in [-0.39, 0.29) is 17.5 Å². The van der Waals surface area contributed by atoms with E-state index in [0.29, 0.717) is 24.7 Å². The Morgan fingerprint density at radius 3 is 1.76 bits per heavy atom. The summed E-state index contributed by atoms with van der Waals surface area (Å²) in [4.78, 5) is 29.5. The predicted octanol–water partition coefficient (Wildman–Crippen LogP) is 2.93. The van der Waals surface area contributed by atoms with Crippen molar-refractivity contribution in [3.8, 4) is 0 Å². The fraction of sp³-hybridized carbons (Fsp3) is 0.900. The van der Waals surface area contributed by atoms with Gasteiger partial charge in [0.05, 0.1) is 13.2 Å². The number of imide groups is 1. The summed E-state index contributed by atoms with van der Waals surface area (Å²) in [5.74, 6) is 1.09. The molecular weight excluding hydrogens is 316 g/mol. The van der Waals surface area contributed by atoms with Crippen LogP contribution in [0.2, 0.25) is 0 Å². The molecule has 2 aliphatic heterocycles. The highest BCUT2D eigenvalue weighted by Crippen LogP contribution is 2.62. The van der Waals surface area contributed by atoms with E-state index >= 15 is 0 Å². The number of fused-ring (bicyclic) bond motifs is 1. The lowest BCUT2D eigenvalue weighted by atomic mass is 10.1. The fourth-order valence-electron chi connectivity index (χ4n) is 5.78. The molecule has 0 aromatic rings. The number of amides is 2. The van der Waals surface area contributed by atoms with Gasteiger partial charge in [0, 0.05) is 37.8 Å². The summed E-state index contributed by atoms with van der Waals surface area (Å²) in [5, 5.41) is 0. The molecule has 2 atom stereocenters. The smallest absolute Gasteiger partial charge is 0.231 e. The molecule has 4 fully saturated rings. The minimum Gasteiger partial charge on any atom is -0.379 e. The minimum atomic E-state index is -0.312. The normalized spacial score (nSPS) is 38.3. The third-order valence-corrected chi connectivity index (χ3v) is 6.93. The molecule has 0 bridgehead atoms. The van der Waals surface area contributed by atoms with E-state index in [0.717, 1.165) is 26.3 Å². The maximum atomic E-state index is 12.7. The van der Waals surface area contributed by atoms with Gasteiger partial charge >= 0.3 is 0 Å². The highest BCUT2D eigenvalue weighted by atomic mass is 16.5. The predicted molar refractivity (Wildman–Crippen MR) is 94.7 cm³/mol. The fourth-order valence-corrected chi connectivity index (χ4v) is 5.78. The number of carbonyl (C=O) groups excluding carboxylic acids is 2. The number of carbonyl (C=O) groups is 2. The number of nitrogens with zero attached hydrogens (tertiary/aromatic N) is 2. The molecule has 0 aromatic heterocycles. The Morgan fingerprint density at radius 1 is 0.760 bits per heavy atom. The highest BCUT2D eigenvalue weighted by molar-refractivity contribution is 6.03. The lowest BCUT2D eigenvalue weighted by molar-refractivity contribution is -0.152. The Kier molecular flexibility index (Phi) is 5.14. The molecular formula is C20H32N2O3. The second kappa shape index (κ2) is 7.36. The summed E-state index contributed by atoms with van der Waals surface area (Å²) in [5.41, 5.74) is -0.312. The summed E-state index contributed by atoms with van der Waals surface area (Å²) in [7, 11) is 0. The Balaban J connectivity index is 1.63. The van der Waals surface area contributed by atoms with Crippen LogP contribution in [0.15, 0.2) is 0 Å². The second-order valence-corrected chi connectivity index (χ2v) is 8.27. The van der Waals surface area contributed by atoms with Gasteiger partial charge in [-0.25, -0.2) is 0 Å². The Labute approximate surface area is 151 Å². The van der Waals surface area contributed by atoms with E-state index in [1.165, 1.54) is 57.8 Å². The molecule has 2 heterocycles. The molecule has 2 saturated carbocycles. The maximum Gasteiger partial charge on any atom is 0.231 e. The van der Waals surface area contributed by atoms with Crippen LogP contribution in [-0.2, 0) is 14.3 Å². The van der Waals surface area contributed by atoms with Gasteiger partial charge in [0.25, 0.3) is 0 Å². The molecule has 5 nitrogen and oxygen atoms in total. The zero-order chi connectivity index (χ0) is 17.3. The molecule has 0 radical (unpaired) electrons. The third-order valence-electron chi connectivity index (χ3n) is 6.93. The first-order valence-corrected chi connectivity index (χ1v) is 10.4. The van der Waals surface area contributed by atoms with Crippen LogP contribution in [0.25, 0.3) is 0 Å². The van der Waals surface area contributed by atoms with Crippen LogP contribution in [0.4, 0.5) is 0 Å². The van der Waals surface area contributed by atoms with Gasteiger partial charge in [-0.15, -0.1) is 0 Å². The van der Waals surface area contributed by atoms with Gasteiger partial charge in [0.2, 0.25) is 11.8 Å². The molecule has 5 heteroatoms. The number of ether oxygens (including phenoxy) is 1. The van der Waals surface area contributed by atoms with Crippen molar-refractivity contribution < 1.29 is 14.3 Å². The van der Waals surface area contributed by atoms with Gasteiger partial charge < -0.3 is 4.74 Å². The molecule has 2 amide bonds. The topological polar surface area (TPSA) is 49.9 Å². The minimum absolute atomic E-state index is 0.0658. The Morgan fingerprint density at radius 2 is 1.24 bits per heavy atom. The van der Waals surface area contributed by atoms with E-state index in [1.807, 2.05) is 0 Å². The van der Waals surface area contributed by atoms with Crippen molar-refractivity contribution in [3.63, 3.8) is 0 Å². The lowest BCUT2D eigenvalue weighted by Crippen LogP contribution is -2.58. The van der Waals surface area contributed by atoms with Crippen LogP contribution < -0.4 is 0 Å². The first-order valence-electron chi connectivity index (χ1n) is 10.4. The average molecular weight is 348 g/mol. The first kappa shape index (κ1) is 17.5. The van der Waals surface area contributed by atoms with Crippen molar-refractivity contribution >= 4 is 11.8 Å². The summed E-state index contributed by atoms with van der Waals surface area (Å²) in [6.45, 7) is 3.14. The molecule has 4 rings (SSSR count). The Hall–Kier alpha value is -0.940. The zero-order valence-electron chi connectivity index (χ0n) is 15.4. The van der Waals surface area contributed by atoms with Crippen molar-refractivity contribution in [1.29, 1.82) is 0 Å². The lowest BCUT2D eigenvalue weighted by Gasteiger charge is -2.41. The van der Waals surface area contributed by atoms with Gasteiger partial charge in [-0.2, -0.15) is 0 Å². The van der Waals surface area contributed by atoms with Crippen LogP contribution in [-0.4, -0.2) is 53.6 Å². The molecule has 140 valence electrons. The maximum absolute atomic E-state index is 12.7. The standard InChI is InChI=1S/C20H32N2O3/c23-18-10-11-19(24)22(18)20(21-12-14-25-15-13-21)16-8-6-4-2-1-3-5-7-9-17(16)20/h16-17H,1-15H2. The first-order chi connectivity index (χ1) is 12.3. The monoisotopic (exact) mass is 348 g/mol. The molecule has 0 spiro atoms. The number of morpholine rings is 1. The van der Waals surface area contributed by atoms with Crippen molar-refractivity contribution in [2.24, 2.45) is 11.8 Å². The molecule has 0 aromatic carbocycles. The van der Waals surface area contributed by atoms with E-state index < -0.39 is 0 Å². The van der Waals surface area contributed by atoms with E-state index in [9.17, 15) is 9.59 Å². The second-order valence-electron chi connectivity index (χ2n) is 8.27. The van der Waals surface area contributed by atoms with Gasteiger partial charge in [0.15, 0.2) is 0 Å². The Bertz CT molecular complexity index is 483. The molecule has 2 aliphatic carbocycles. The van der Waals surface area contributed by atoms with E-state index in [1.54, 1.807) is 4.90 Å². The average Bonchev–Trinajstić information content (AvgIpc) is 3.14. The molecule has 2 saturated heterocycles. The van der Waals surface area contributed by atoms with Crippen LogP contribution in [0.3, 0.4) is 0 Å². The summed E-state index contributed by atoms with van der Waals surface area (Å²) in [6, 6.07) is 0. The number of rotatable bonds is 2. The quantitative estimate of drug-likeness (QED) is 0.720. The van der Waals surface area contributed by atoms with Gasteiger partial charge in [-0.05, 0) is 12.8 Å². The number of likely N-dealkylation sites (tertiary alicyclic amines) is 1. The third kappa shape index (κ3) is 3.03. The van der Waals surface area contributed by atoms with Crippen LogP contribution >= 0.6 is 0 Å². The van der Waals surface area contributed by atoms with Gasteiger partial charge in [-0.3, -0.25) is 19.4 Å². The molecule has 25 heavy (non-hydrogen) atoms. The van der Waals surface area contributed by atoms with Crippen LogP contribution in [0.1, 0.15) is 70.6 Å². The van der Waals surface area contributed by atoms with Gasteiger partial charge in [0.1, 0.15) is 5.66 Å². The van der Waals surface area contributed by atoms with Crippen molar-refractivity contribution in [2.45, 2.75) is 76.3 Å². The van der Waals surface area contributed by atoms with Crippen LogP contribution in [0.5, 0.6) is 0 Å². The largest absolute Gasteiger partial charge is 0.379 e. The SMILES string of the molecule is O=C1CCC(=O)N1C1(N2CCOCC2)C2CCCCCCCCCC21. The number of hydrogen-bond donors (Lipinski definition) is 0. The molecule has 2 unspecified atom stereocenters. The van der Waals surface area contributed by atoms with Crippen molar-refractivity contribution in [2.75, 3.05) is 26.3 Å². The summed E-state index contributed by atoms with van der Waals surface area (Å²) in [6.07, 6.45) is 12.3. The van der Waals surface area contributed by atoms with Gasteiger partial charge in [-0.1, -0.05) is 44.9 Å². The van der Waals surface area contributed by atoms with E-state index in [4.69, 9.17) is 4.74 Å². The van der Waals surface area contributed by atoms with E-state index in [2.05, 4.69) is 4.90 Å². The summed E-state index contributed by atoms with van der Waals surface area (Å²) < 4.78 is 5.57. The molecule has 0 N–H and O–H groups in total. The highest BCUT2D eigenvalue weighted by Gasteiger charge is 2.72. The van der Waals surface area contributed by atoms with Crippen LogP contribution in [0, 0.1) is 11.8 Å². The van der Waals surface area contributed by atoms with Crippen molar-refractivity contribution in [3.05, 3.63) is 0 Å².